The number of rotatable bonds is 5. The third kappa shape index (κ3) is 6.74. The highest BCUT2D eigenvalue weighted by atomic mass is 35.5. The van der Waals surface area contributed by atoms with Crippen LogP contribution in [0, 0.1) is 6.92 Å². The van der Waals surface area contributed by atoms with E-state index in [2.05, 4.69) is 21.3 Å². The maximum absolute atomic E-state index is 12.5. The number of hydrogen-bond donors (Lipinski definition) is 2. The third-order valence-electron chi connectivity index (χ3n) is 4.38. The van der Waals surface area contributed by atoms with Gasteiger partial charge in [-0.15, -0.1) is 24.8 Å². The number of aryl methyl sites for hydroxylation is 1. The molecule has 11 heteroatoms. The number of pyridine rings is 1. The molecule has 0 spiro atoms. The zero-order chi connectivity index (χ0) is 19.4. The van der Waals surface area contributed by atoms with Gasteiger partial charge in [0, 0.05) is 31.9 Å². The number of amides is 1. The molecule has 2 aromatic rings. The third-order valence-corrected chi connectivity index (χ3v) is 6.16. The highest BCUT2D eigenvalue weighted by molar-refractivity contribution is 7.89. The molecule has 3 N–H and O–H groups in total. The second-order valence-corrected chi connectivity index (χ2v) is 8.47. The molecule has 1 amide bonds. The number of nitrogen functional groups attached to an aromatic ring is 1. The first-order valence-electron chi connectivity index (χ1n) is 8.64. The Bertz CT molecular complexity index is 917. The number of nitrogens with two attached hydrogens (primary N) is 1. The molecule has 0 saturated carbocycles. The number of carbonyl (C=O) groups excluding carboxylic acids is 1. The SMILES string of the molecule is Cc1cccc(N2CCN(S(=O)(=O)CC(=O)Nc3ccc(N)nc3)CC2)c1.Cl.Cl. The molecule has 1 saturated heterocycles. The first kappa shape index (κ1) is 25.0. The van der Waals surface area contributed by atoms with Crippen LogP contribution in [0.4, 0.5) is 17.2 Å². The molecule has 0 unspecified atom stereocenters. The van der Waals surface area contributed by atoms with E-state index in [9.17, 15) is 13.2 Å². The Morgan fingerprint density at radius 3 is 2.41 bits per heavy atom. The summed E-state index contributed by atoms with van der Waals surface area (Å²) >= 11 is 0. The van der Waals surface area contributed by atoms with Crippen LogP contribution < -0.4 is 16.0 Å². The summed E-state index contributed by atoms with van der Waals surface area (Å²) in [5, 5.41) is 2.53. The van der Waals surface area contributed by atoms with Crippen molar-refractivity contribution in [2.45, 2.75) is 6.92 Å². The lowest BCUT2D eigenvalue weighted by molar-refractivity contribution is -0.113. The number of nitrogens with one attached hydrogen (secondary N) is 1. The van der Waals surface area contributed by atoms with Gasteiger partial charge in [-0.3, -0.25) is 4.79 Å². The van der Waals surface area contributed by atoms with Gasteiger partial charge in [0.1, 0.15) is 11.6 Å². The molecule has 0 bridgehead atoms. The molecule has 1 aliphatic rings. The molecule has 160 valence electrons. The topological polar surface area (TPSA) is 109 Å². The Balaban J connectivity index is 0.00000210. The lowest BCUT2D eigenvalue weighted by atomic mass is 10.2. The number of nitrogens with zero attached hydrogens (tertiary/aromatic N) is 3. The summed E-state index contributed by atoms with van der Waals surface area (Å²) in [6.45, 7) is 3.91. The molecule has 1 aliphatic heterocycles. The standard InChI is InChI=1S/C18H23N5O3S.2ClH/c1-14-3-2-4-16(11-14)22-7-9-23(10-8-22)27(25,26)13-18(24)21-15-5-6-17(19)20-12-15;;/h2-6,11-12H,7-10,13H2,1H3,(H2,19,20)(H,21,24);2*1H. The zero-order valence-electron chi connectivity index (χ0n) is 15.9. The zero-order valence-corrected chi connectivity index (χ0v) is 18.4. The molecular weight excluding hydrogens is 437 g/mol. The van der Waals surface area contributed by atoms with Gasteiger partial charge >= 0.3 is 0 Å². The summed E-state index contributed by atoms with van der Waals surface area (Å²) in [5.41, 5.74) is 8.15. The lowest BCUT2D eigenvalue weighted by Crippen LogP contribution is -2.50. The number of piperazine rings is 1. The van der Waals surface area contributed by atoms with Crippen molar-refractivity contribution in [2.24, 2.45) is 0 Å². The van der Waals surface area contributed by atoms with Gasteiger partial charge in [0.05, 0.1) is 11.9 Å². The first-order chi connectivity index (χ1) is 12.8. The molecule has 1 fully saturated rings. The average Bonchev–Trinajstić information content (AvgIpc) is 2.63. The highest BCUT2D eigenvalue weighted by Gasteiger charge is 2.29. The molecular formula is C18H25Cl2N5O3S. The minimum Gasteiger partial charge on any atom is -0.384 e. The molecule has 0 radical (unpaired) electrons. The van der Waals surface area contributed by atoms with Crippen LogP contribution in [0.2, 0.25) is 0 Å². The minimum atomic E-state index is -3.68. The number of aromatic nitrogens is 1. The lowest BCUT2D eigenvalue weighted by Gasteiger charge is -2.35. The van der Waals surface area contributed by atoms with E-state index in [1.807, 2.05) is 25.1 Å². The largest absolute Gasteiger partial charge is 0.384 e. The maximum atomic E-state index is 12.5. The fourth-order valence-electron chi connectivity index (χ4n) is 2.98. The Kier molecular flexibility index (Phi) is 9.15. The Labute approximate surface area is 183 Å². The van der Waals surface area contributed by atoms with Gasteiger partial charge < -0.3 is 16.0 Å². The van der Waals surface area contributed by atoms with Crippen molar-refractivity contribution in [1.82, 2.24) is 9.29 Å². The van der Waals surface area contributed by atoms with Crippen molar-refractivity contribution in [3.05, 3.63) is 48.2 Å². The minimum absolute atomic E-state index is 0. The van der Waals surface area contributed by atoms with E-state index >= 15 is 0 Å². The van der Waals surface area contributed by atoms with Crippen LogP contribution in [0.15, 0.2) is 42.6 Å². The average molecular weight is 462 g/mol. The van der Waals surface area contributed by atoms with Crippen molar-refractivity contribution in [3.8, 4) is 0 Å². The van der Waals surface area contributed by atoms with Crippen LogP contribution in [0.1, 0.15) is 5.56 Å². The summed E-state index contributed by atoms with van der Waals surface area (Å²) in [6, 6.07) is 11.2. The maximum Gasteiger partial charge on any atom is 0.241 e. The quantitative estimate of drug-likeness (QED) is 0.703. The van der Waals surface area contributed by atoms with Crippen molar-refractivity contribution >= 4 is 57.9 Å². The fraction of sp³-hybridized carbons (Fsp3) is 0.333. The van der Waals surface area contributed by atoms with Crippen molar-refractivity contribution in [3.63, 3.8) is 0 Å². The van der Waals surface area contributed by atoms with Crippen LogP contribution in [0.3, 0.4) is 0 Å². The monoisotopic (exact) mass is 461 g/mol. The van der Waals surface area contributed by atoms with Gasteiger partial charge in [-0.2, -0.15) is 4.31 Å². The Morgan fingerprint density at radius 2 is 1.83 bits per heavy atom. The smallest absolute Gasteiger partial charge is 0.241 e. The van der Waals surface area contributed by atoms with E-state index in [4.69, 9.17) is 5.73 Å². The Morgan fingerprint density at radius 1 is 1.14 bits per heavy atom. The summed E-state index contributed by atoms with van der Waals surface area (Å²) in [5.74, 6) is -0.864. The normalized spacial score (nSPS) is 14.4. The van der Waals surface area contributed by atoms with E-state index in [0.29, 0.717) is 37.7 Å². The molecule has 8 nitrogen and oxygen atoms in total. The molecule has 0 atom stereocenters. The molecule has 1 aromatic carbocycles. The van der Waals surface area contributed by atoms with Crippen molar-refractivity contribution < 1.29 is 13.2 Å². The van der Waals surface area contributed by atoms with Gasteiger partial charge in [-0.1, -0.05) is 12.1 Å². The van der Waals surface area contributed by atoms with Crippen molar-refractivity contribution in [1.29, 1.82) is 0 Å². The molecule has 1 aromatic heterocycles. The van der Waals surface area contributed by atoms with Gasteiger partial charge in [0.2, 0.25) is 15.9 Å². The van der Waals surface area contributed by atoms with Crippen LogP contribution >= 0.6 is 24.8 Å². The second-order valence-electron chi connectivity index (χ2n) is 6.50. The van der Waals surface area contributed by atoms with Crippen LogP contribution in [-0.2, 0) is 14.8 Å². The van der Waals surface area contributed by atoms with Crippen molar-refractivity contribution in [2.75, 3.05) is 47.9 Å². The number of hydrogen-bond acceptors (Lipinski definition) is 6. The van der Waals surface area contributed by atoms with Crippen LogP contribution in [0.5, 0.6) is 0 Å². The number of sulfonamides is 1. The number of carbonyl (C=O) groups is 1. The highest BCUT2D eigenvalue weighted by Crippen LogP contribution is 2.19. The molecule has 2 heterocycles. The number of anilines is 3. The van der Waals surface area contributed by atoms with Gasteiger partial charge in [-0.05, 0) is 36.8 Å². The fourth-order valence-corrected chi connectivity index (χ4v) is 4.29. The van der Waals surface area contributed by atoms with E-state index in [1.54, 1.807) is 6.07 Å². The van der Waals surface area contributed by atoms with Crippen LogP contribution in [0.25, 0.3) is 0 Å². The van der Waals surface area contributed by atoms with E-state index in [0.717, 1.165) is 11.3 Å². The Hall–Kier alpha value is -2.07. The summed E-state index contributed by atoms with van der Waals surface area (Å²) in [6.07, 6.45) is 1.39. The second kappa shape index (κ2) is 10.6. The van der Waals surface area contributed by atoms with E-state index < -0.39 is 21.7 Å². The molecule has 0 aliphatic carbocycles. The number of benzene rings is 1. The summed E-state index contributed by atoms with van der Waals surface area (Å²) < 4.78 is 26.5. The summed E-state index contributed by atoms with van der Waals surface area (Å²) in [7, 11) is -3.68. The van der Waals surface area contributed by atoms with Gasteiger partial charge in [-0.25, -0.2) is 13.4 Å². The molecule has 3 rings (SSSR count). The number of halogens is 2. The van der Waals surface area contributed by atoms with E-state index in [1.165, 1.54) is 16.6 Å². The van der Waals surface area contributed by atoms with E-state index in [-0.39, 0.29) is 24.8 Å². The predicted octanol–water partition coefficient (Wildman–Crippen LogP) is 1.91. The molecule has 29 heavy (non-hydrogen) atoms. The van der Waals surface area contributed by atoms with Gasteiger partial charge in [0.25, 0.3) is 0 Å². The van der Waals surface area contributed by atoms with Crippen LogP contribution in [-0.4, -0.2) is 55.5 Å². The first-order valence-corrected chi connectivity index (χ1v) is 10.3. The van der Waals surface area contributed by atoms with Gasteiger partial charge in [0.15, 0.2) is 0 Å². The summed E-state index contributed by atoms with van der Waals surface area (Å²) in [4.78, 5) is 18.1. The predicted molar refractivity (Wildman–Crippen MR) is 121 cm³/mol.